The molecule has 2 rings (SSSR count). The van der Waals surface area contributed by atoms with Gasteiger partial charge in [-0.05, 0) is 6.92 Å². The maximum atomic E-state index is 11.4. The van der Waals surface area contributed by atoms with Crippen molar-refractivity contribution < 1.29 is 23.9 Å². The summed E-state index contributed by atoms with van der Waals surface area (Å²) >= 11 is 0. The van der Waals surface area contributed by atoms with E-state index in [1.807, 2.05) is 0 Å². The Morgan fingerprint density at radius 2 is 1.94 bits per heavy atom. The Morgan fingerprint density at radius 1 is 1.33 bits per heavy atom. The fourth-order valence-electron chi connectivity index (χ4n) is 1.84. The molecule has 18 heavy (non-hydrogen) atoms. The molecule has 0 aromatic carbocycles. The second kappa shape index (κ2) is 4.69. The number of rotatable bonds is 4. The van der Waals surface area contributed by atoms with Crippen molar-refractivity contribution in [1.29, 1.82) is 0 Å². The van der Waals surface area contributed by atoms with Gasteiger partial charge in [-0.2, -0.15) is 0 Å². The van der Waals surface area contributed by atoms with Crippen molar-refractivity contribution in [2.24, 2.45) is 0 Å². The van der Waals surface area contributed by atoms with E-state index in [0.29, 0.717) is 0 Å². The van der Waals surface area contributed by atoms with Crippen LogP contribution in [0.5, 0.6) is 0 Å². The molecule has 1 saturated heterocycles. The van der Waals surface area contributed by atoms with Gasteiger partial charge in [0.15, 0.2) is 0 Å². The minimum atomic E-state index is -0.833. The molecule has 7 nitrogen and oxygen atoms in total. The number of nitrogens with zero attached hydrogens (tertiary/aromatic N) is 1. The first-order valence-corrected chi connectivity index (χ1v) is 5.49. The number of hydrogen-bond acceptors (Lipinski definition) is 5. The summed E-state index contributed by atoms with van der Waals surface area (Å²) in [4.78, 5) is 45.9. The molecule has 0 bridgehead atoms. The van der Waals surface area contributed by atoms with Gasteiger partial charge in [-0.15, -0.1) is 0 Å². The molecule has 0 saturated carbocycles. The Hall–Kier alpha value is -2.02. The van der Waals surface area contributed by atoms with Crippen LogP contribution in [-0.4, -0.2) is 47.3 Å². The Kier molecular flexibility index (Phi) is 3.24. The first-order valence-electron chi connectivity index (χ1n) is 5.49. The van der Waals surface area contributed by atoms with E-state index in [2.05, 4.69) is 5.32 Å². The van der Waals surface area contributed by atoms with Gasteiger partial charge in [0.25, 0.3) is 17.7 Å². The summed E-state index contributed by atoms with van der Waals surface area (Å²) in [6.45, 7) is 1.65. The van der Waals surface area contributed by atoms with Gasteiger partial charge in [0.05, 0.1) is 19.1 Å². The van der Waals surface area contributed by atoms with Crippen molar-refractivity contribution in [3.8, 4) is 0 Å². The van der Waals surface area contributed by atoms with Crippen molar-refractivity contribution in [2.75, 3.05) is 6.61 Å². The molecule has 0 radical (unpaired) electrons. The topological polar surface area (TPSA) is 92.8 Å². The first-order chi connectivity index (χ1) is 8.49. The zero-order valence-electron chi connectivity index (χ0n) is 9.71. The number of carbonyl (C=O) groups excluding carboxylic acids is 4. The second-order valence-electron chi connectivity index (χ2n) is 4.17. The van der Waals surface area contributed by atoms with Gasteiger partial charge in [-0.1, -0.05) is 0 Å². The molecule has 1 N–H and O–H groups in total. The molecule has 0 aliphatic carbocycles. The van der Waals surface area contributed by atoms with E-state index in [1.54, 1.807) is 6.92 Å². The van der Waals surface area contributed by atoms with Crippen molar-refractivity contribution in [2.45, 2.75) is 25.5 Å². The summed E-state index contributed by atoms with van der Waals surface area (Å²) in [5, 5.41) is 2.11. The van der Waals surface area contributed by atoms with Gasteiger partial charge in [0, 0.05) is 12.2 Å². The Morgan fingerprint density at radius 3 is 2.44 bits per heavy atom. The molecule has 96 valence electrons. The highest BCUT2D eigenvalue weighted by Gasteiger charge is 2.34. The lowest BCUT2D eigenvalue weighted by Crippen LogP contribution is -2.42. The van der Waals surface area contributed by atoms with E-state index in [1.165, 1.54) is 12.2 Å². The van der Waals surface area contributed by atoms with Gasteiger partial charge < -0.3 is 4.74 Å². The normalized spacial score (nSPS) is 24.9. The third-order valence-corrected chi connectivity index (χ3v) is 2.75. The lowest BCUT2D eigenvalue weighted by Gasteiger charge is -2.23. The predicted octanol–water partition coefficient (Wildman–Crippen LogP) is -1.27. The molecule has 0 spiro atoms. The van der Waals surface area contributed by atoms with E-state index in [-0.39, 0.29) is 18.9 Å². The van der Waals surface area contributed by atoms with Crippen LogP contribution in [0.2, 0.25) is 0 Å². The number of carbonyl (C=O) groups is 4. The molecule has 1 fully saturated rings. The van der Waals surface area contributed by atoms with Crippen LogP contribution in [0.3, 0.4) is 0 Å². The molecule has 2 heterocycles. The summed E-state index contributed by atoms with van der Waals surface area (Å²) in [6.07, 6.45) is 1.52. The average molecular weight is 252 g/mol. The quantitative estimate of drug-likeness (QED) is 0.630. The zero-order chi connectivity index (χ0) is 13.3. The fourth-order valence-corrected chi connectivity index (χ4v) is 1.84. The Labute approximate surface area is 103 Å². The molecule has 0 aromatic rings. The number of amides is 4. The van der Waals surface area contributed by atoms with Crippen molar-refractivity contribution in [3.05, 3.63) is 12.2 Å². The molecular formula is C11H12N2O5. The molecule has 4 amide bonds. The van der Waals surface area contributed by atoms with Crippen LogP contribution in [0.4, 0.5) is 0 Å². The molecule has 2 aliphatic rings. The smallest absolute Gasteiger partial charge is 0.256 e. The first kappa shape index (κ1) is 12.4. The maximum absolute atomic E-state index is 11.4. The van der Waals surface area contributed by atoms with E-state index in [0.717, 1.165) is 4.90 Å². The summed E-state index contributed by atoms with van der Waals surface area (Å²) < 4.78 is 5.25. The minimum absolute atomic E-state index is 0.0184. The lowest BCUT2D eigenvalue weighted by molar-refractivity contribution is -0.141. The molecule has 0 aromatic heterocycles. The number of hydrogen-bond donors (Lipinski definition) is 1. The fraction of sp³-hybridized carbons (Fsp3) is 0.455. The van der Waals surface area contributed by atoms with Crippen molar-refractivity contribution in [1.82, 2.24) is 10.2 Å². The lowest BCUT2D eigenvalue weighted by atomic mass is 10.2. The van der Waals surface area contributed by atoms with Crippen LogP contribution in [0.25, 0.3) is 0 Å². The van der Waals surface area contributed by atoms with Crippen LogP contribution in [0.1, 0.15) is 13.3 Å². The summed E-state index contributed by atoms with van der Waals surface area (Å²) in [5.41, 5.74) is 0. The predicted molar refractivity (Wildman–Crippen MR) is 58.0 cm³/mol. The molecule has 2 aliphatic heterocycles. The van der Waals surface area contributed by atoms with Gasteiger partial charge in [-0.25, -0.2) is 0 Å². The maximum Gasteiger partial charge on any atom is 0.256 e. The van der Waals surface area contributed by atoms with Gasteiger partial charge in [0.1, 0.15) is 6.10 Å². The van der Waals surface area contributed by atoms with Crippen LogP contribution >= 0.6 is 0 Å². The highest BCUT2D eigenvalue weighted by Crippen LogP contribution is 2.12. The van der Waals surface area contributed by atoms with Gasteiger partial charge in [0.2, 0.25) is 5.91 Å². The Balaban J connectivity index is 1.87. The van der Waals surface area contributed by atoms with Crippen molar-refractivity contribution in [3.63, 3.8) is 0 Å². The Bertz CT molecular complexity index is 438. The number of ether oxygens (including phenoxy) is 1. The van der Waals surface area contributed by atoms with E-state index in [4.69, 9.17) is 4.74 Å². The van der Waals surface area contributed by atoms with Gasteiger partial charge in [-0.3, -0.25) is 29.4 Å². The van der Waals surface area contributed by atoms with Crippen LogP contribution < -0.4 is 5.32 Å². The average Bonchev–Trinajstić information content (AvgIpc) is 2.79. The molecule has 7 heteroatoms. The summed E-state index contributed by atoms with van der Waals surface area (Å²) in [6, 6.07) is -0.483. The highest BCUT2D eigenvalue weighted by atomic mass is 16.5. The van der Waals surface area contributed by atoms with E-state index < -0.39 is 29.9 Å². The zero-order valence-corrected chi connectivity index (χ0v) is 9.71. The summed E-state index contributed by atoms with van der Waals surface area (Å²) in [7, 11) is 0. The van der Waals surface area contributed by atoms with Crippen LogP contribution in [0.15, 0.2) is 12.2 Å². The van der Waals surface area contributed by atoms with Crippen LogP contribution in [0, 0.1) is 0 Å². The third kappa shape index (κ3) is 2.30. The second-order valence-corrected chi connectivity index (χ2v) is 4.17. The number of nitrogens with one attached hydrogen (secondary N) is 1. The third-order valence-electron chi connectivity index (χ3n) is 2.75. The van der Waals surface area contributed by atoms with Crippen molar-refractivity contribution >= 4 is 23.6 Å². The molecular weight excluding hydrogens is 240 g/mol. The number of imide groups is 2. The molecule has 2 atom stereocenters. The van der Waals surface area contributed by atoms with E-state index in [9.17, 15) is 19.2 Å². The van der Waals surface area contributed by atoms with Gasteiger partial charge >= 0.3 is 0 Å². The van der Waals surface area contributed by atoms with Crippen LogP contribution in [-0.2, 0) is 23.9 Å². The minimum Gasteiger partial charge on any atom is -0.366 e. The summed E-state index contributed by atoms with van der Waals surface area (Å²) in [5.74, 6) is -1.66. The highest BCUT2D eigenvalue weighted by molar-refractivity contribution is 6.13. The SMILES string of the molecule is CC(COC1CC(=O)NC1=O)N1C(=O)C=CC1=O. The monoisotopic (exact) mass is 252 g/mol. The van der Waals surface area contributed by atoms with E-state index >= 15 is 0 Å². The largest absolute Gasteiger partial charge is 0.366 e. The molecule has 2 unspecified atom stereocenters. The standard InChI is InChI=1S/C11H12N2O5/c1-6(13-9(15)2-3-10(13)16)5-18-7-4-8(14)12-11(7)17/h2-3,6-7H,4-5H2,1H3,(H,12,14,17).